The van der Waals surface area contributed by atoms with Crippen molar-refractivity contribution < 1.29 is 9.18 Å². The lowest BCUT2D eigenvalue weighted by Gasteiger charge is -2.24. The molecular weight excluding hydrogens is 355 g/mol. The van der Waals surface area contributed by atoms with Crippen LogP contribution in [0.4, 0.5) is 4.39 Å². The Morgan fingerprint density at radius 1 is 1.43 bits per heavy atom. The molecule has 1 N–H and O–H groups in total. The third-order valence-electron chi connectivity index (χ3n) is 3.18. The molecule has 3 nitrogen and oxygen atoms in total. The smallest absolute Gasteiger partial charge is 0.252 e. The molecule has 1 atom stereocenters. The van der Waals surface area contributed by atoms with E-state index in [1.807, 2.05) is 30.4 Å². The average molecular weight is 371 g/mol. The lowest BCUT2D eigenvalue weighted by molar-refractivity contribution is 0.0940. The van der Waals surface area contributed by atoms with Gasteiger partial charge in [-0.1, -0.05) is 0 Å². The number of hydrogen-bond donors (Lipinski definition) is 1. The molecule has 0 fully saturated rings. The van der Waals surface area contributed by atoms with Crippen LogP contribution in [0.1, 0.15) is 22.0 Å². The summed E-state index contributed by atoms with van der Waals surface area (Å²) in [5.74, 6) is -0.714. The fraction of sp³-hybridized carbons (Fsp3) is 0.267. The number of carbonyl (C=O) groups excluding carboxylic acids is 1. The maximum Gasteiger partial charge on any atom is 0.252 e. The van der Waals surface area contributed by atoms with Crippen LogP contribution in [0.2, 0.25) is 0 Å². The van der Waals surface area contributed by atoms with Gasteiger partial charge >= 0.3 is 0 Å². The van der Waals surface area contributed by atoms with Gasteiger partial charge in [0, 0.05) is 11.0 Å². The van der Waals surface area contributed by atoms with Gasteiger partial charge in [-0.05, 0) is 70.6 Å². The molecule has 0 aliphatic heterocycles. The molecule has 1 aromatic carbocycles. The number of carbonyl (C=O) groups is 1. The van der Waals surface area contributed by atoms with E-state index in [0.717, 1.165) is 5.56 Å². The van der Waals surface area contributed by atoms with Gasteiger partial charge < -0.3 is 10.2 Å². The van der Waals surface area contributed by atoms with Crippen LogP contribution in [0, 0.1) is 5.82 Å². The lowest BCUT2D eigenvalue weighted by atomic mass is 10.1. The third kappa shape index (κ3) is 4.12. The molecule has 112 valence electrons. The van der Waals surface area contributed by atoms with Gasteiger partial charge in [-0.2, -0.15) is 11.3 Å². The number of benzene rings is 1. The number of halogens is 2. The minimum atomic E-state index is -0.426. The first-order valence-electron chi connectivity index (χ1n) is 6.41. The fourth-order valence-corrected chi connectivity index (χ4v) is 3.15. The molecule has 0 saturated carbocycles. The van der Waals surface area contributed by atoms with E-state index in [1.165, 1.54) is 18.2 Å². The minimum Gasteiger partial charge on any atom is -0.350 e. The molecule has 0 saturated heterocycles. The molecular formula is C15H16BrFN2OS. The third-order valence-corrected chi connectivity index (χ3v) is 4.57. The Bertz CT molecular complexity index is 616. The van der Waals surface area contributed by atoms with Crippen molar-refractivity contribution in [2.75, 3.05) is 20.6 Å². The second-order valence-electron chi connectivity index (χ2n) is 4.87. The highest BCUT2D eigenvalue weighted by Crippen LogP contribution is 2.21. The molecule has 6 heteroatoms. The van der Waals surface area contributed by atoms with Crippen molar-refractivity contribution in [3.05, 3.63) is 56.4 Å². The van der Waals surface area contributed by atoms with Crippen LogP contribution < -0.4 is 5.32 Å². The zero-order valence-corrected chi connectivity index (χ0v) is 14.2. The second kappa shape index (κ2) is 7.15. The zero-order valence-electron chi connectivity index (χ0n) is 11.8. The first-order chi connectivity index (χ1) is 9.99. The number of thiophene rings is 1. The van der Waals surface area contributed by atoms with Crippen molar-refractivity contribution in [1.29, 1.82) is 0 Å². The largest absolute Gasteiger partial charge is 0.350 e. The highest BCUT2D eigenvalue weighted by molar-refractivity contribution is 9.10. The number of amides is 1. The van der Waals surface area contributed by atoms with Gasteiger partial charge in [0.25, 0.3) is 5.91 Å². The Morgan fingerprint density at radius 3 is 2.81 bits per heavy atom. The monoisotopic (exact) mass is 370 g/mol. The van der Waals surface area contributed by atoms with Gasteiger partial charge in [0.2, 0.25) is 0 Å². The summed E-state index contributed by atoms with van der Waals surface area (Å²) >= 11 is 4.89. The van der Waals surface area contributed by atoms with Crippen LogP contribution in [-0.4, -0.2) is 31.4 Å². The van der Waals surface area contributed by atoms with E-state index in [0.29, 0.717) is 16.6 Å². The predicted octanol–water partition coefficient (Wildman–Crippen LogP) is 3.68. The van der Waals surface area contributed by atoms with E-state index in [9.17, 15) is 9.18 Å². The predicted molar refractivity (Wildman–Crippen MR) is 87.2 cm³/mol. The van der Waals surface area contributed by atoms with Crippen LogP contribution in [0.15, 0.2) is 39.5 Å². The van der Waals surface area contributed by atoms with Crippen molar-refractivity contribution >= 4 is 33.2 Å². The summed E-state index contributed by atoms with van der Waals surface area (Å²) in [6, 6.07) is 6.21. The molecule has 0 spiro atoms. The van der Waals surface area contributed by atoms with E-state index >= 15 is 0 Å². The molecule has 21 heavy (non-hydrogen) atoms. The normalized spacial score (nSPS) is 12.4. The first-order valence-corrected chi connectivity index (χ1v) is 8.14. The Hall–Kier alpha value is -1.24. The Kier molecular flexibility index (Phi) is 5.50. The summed E-state index contributed by atoms with van der Waals surface area (Å²) in [7, 11) is 3.93. The van der Waals surface area contributed by atoms with E-state index in [4.69, 9.17) is 0 Å². The van der Waals surface area contributed by atoms with Crippen LogP contribution in [0.3, 0.4) is 0 Å². The van der Waals surface area contributed by atoms with Gasteiger partial charge in [0.1, 0.15) is 5.82 Å². The van der Waals surface area contributed by atoms with Gasteiger partial charge in [-0.3, -0.25) is 4.79 Å². The lowest BCUT2D eigenvalue weighted by Crippen LogP contribution is -2.34. The summed E-state index contributed by atoms with van der Waals surface area (Å²) in [6.45, 7) is 0.464. The van der Waals surface area contributed by atoms with Crippen molar-refractivity contribution in [1.82, 2.24) is 10.2 Å². The summed E-state index contributed by atoms with van der Waals surface area (Å²) in [5.41, 5.74) is 1.46. The standard InChI is InChI=1S/C15H16BrFN2OS/c1-19(2)14(10-5-6-21-9-10)8-18-15(20)12-7-11(17)3-4-13(12)16/h3-7,9,14H,8H2,1-2H3,(H,18,20)/t14-/m1/s1. The summed E-state index contributed by atoms with van der Waals surface area (Å²) in [4.78, 5) is 14.2. The molecule has 1 amide bonds. The van der Waals surface area contributed by atoms with Crippen LogP contribution in [-0.2, 0) is 0 Å². The molecule has 0 bridgehead atoms. The zero-order chi connectivity index (χ0) is 15.4. The van der Waals surface area contributed by atoms with E-state index in [-0.39, 0.29) is 11.9 Å². The van der Waals surface area contributed by atoms with Crippen molar-refractivity contribution in [3.63, 3.8) is 0 Å². The molecule has 0 unspecified atom stereocenters. The van der Waals surface area contributed by atoms with Crippen LogP contribution >= 0.6 is 27.3 Å². The van der Waals surface area contributed by atoms with Gasteiger partial charge in [-0.25, -0.2) is 4.39 Å². The Labute approximate surface area is 135 Å². The topological polar surface area (TPSA) is 32.3 Å². The van der Waals surface area contributed by atoms with Crippen LogP contribution in [0.25, 0.3) is 0 Å². The fourth-order valence-electron chi connectivity index (χ4n) is 2.02. The van der Waals surface area contributed by atoms with Gasteiger partial charge in [0.05, 0.1) is 11.6 Å². The number of hydrogen-bond acceptors (Lipinski definition) is 3. The summed E-state index contributed by atoms with van der Waals surface area (Å²) in [6.07, 6.45) is 0. The van der Waals surface area contributed by atoms with Crippen molar-refractivity contribution in [3.8, 4) is 0 Å². The number of likely N-dealkylation sites (N-methyl/N-ethyl adjacent to an activating group) is 1. The molecule has 2 aromatic rings. The Balaban J connectivity index is 2.07. The first kappa shape index (κ1) is 16.1. The van der Waals surface area contributed by atoms with Gasteiger partial charge in [0.15, 0.2) is 0 Å². The van der Waals surface area contributed by atoms with Crippen LogP contribution in [0.5, 0.6) is 0 Å². The molecule has 2 rings (SSSR count). The maximum absolute atomic E-state index is 13.3. The second-order valence-corrected chi connectivity index (χ2v) is 6.50. The number of nitrogens with zero attached hydrogens (tertiary/aromatic N) is 1. The van der Waals surface area contributed by atoms with Gasteiger partial charge in [-0.15, -0.1) is 0 Å². The van der Waals surface area contributed by atoms with Crippen molar-refractivity contribution in [2.45, 2.75) is 6.04 Å². The quantitative estimate of drug-likeness (QED) is 0.870. The Morgan fingerprint density at radius 2 is 2.19 bits per heavy atom. The maximum atomic E-state index is 13.3. The number of rotatable bonds is 5. The molecule has 1 heterocycles. The van der Waals surface area contributed by atoms with E-state index in [2.05, 4.69) is 26.6 Å². The molecule has 0 aliphatic carbocycles. The summed E-state index contributed by atoms with van der Waals surface area (Å²) < 4.78 is 13.8. The molecule has 1 aromatic heterocycles. The highest BCUT2D eigenvalue weighted by atomic mass is 79.9. The highest BCUT2D eigenvalue weighted by Gasteiger charge is 2.17. The minimum absolute atomic E-state index is 0.0903. The molecule has 0 radical (unpaired) electrons. The van der Waals surface area contributed by atoms with E-state index in [1.54, 1.807) is 11.3 Å². The average Bonchev–Trinajstić information content (AvgIpc) is 2.95. The summed E-state index contributed by atoms with van der Waals surface area (Å²) in [5, 5.41) is 6.94. The number of nitrogens with one attached hydrogen (secondary N) is 1. The van der Waals surface area contributed by atoms with E-state index < -0.39 is 5.82 Å². The van der Waals surface area contributed by atoms with Crippen molar-refractivity contribution in [2.24, 2.45) is 0 Å². The SMILES string of the molecule is CN(C)[C@H](CNC(=O)c1cc(F)ccc1Br)c1ccsc1. The molecule has 0 aliphatic rings.